The number of hydrogen-bond donors (Lipinski definition) is 2. The van der Waals surface area contributed by atoms with E-state index in [1.165, 1.54) is 205 Å². The molecule has 7 unspecified atom stereocenters. The Labute approximate surface area is 379 Å². The first kappa shape index (κ1) is 51.5. The molecule has 5 heteroatoms. The molecular formula is C54H99NO2S2. The molecule has 1 saturated heterocycles. The lowest BCUT2D eigenvalue weighted by molar-refractivity contribution is -0.124. The van der Waals surface area contributed by atoms with Crippen LogP contribution in [-0.2, 0) is 9.53 Å². The van der Waals surface area contributed by atoms with Crippen LogP contribution in [0.25, 0.3) is 0 Å². The highest BCUT2D eigenvalue weighted by Gasteiger charge is 2.38. The summed E-state index contributed by atoms with van der Waals surface area (Å²) in [5.74, 6) is 6.87. The van der Waals surface area contributed by atoms with Gasteiger partial charge in [0.05, 0.1) is 11.9 Å². The monoisotopic (exact) mass is 858 g/mol. The average Bonchev–Trinajstić information content (AvgIpc) is 4.14. The third-order valence-electron chi connectivity index (χ3n) is 15.8. The molecule has 3 aliphatic carbocycles. The summed E-state index contributed by atoms with van der Waals surface area (Å²) in [5, 5.41) is 0.278. The van der Waals surface area contributed by atoms with Crippen LogP contribution in [0.2, 0.25) is 0 Å². The Hall–Kier alpha value is -0.130. The van der Waals surface area contributed by atoms with E-state index >= 15 is 0 Å². The maximum atomic E-state index is 13.2. The molecule has 3 saturated carbocycles. The third-order valence-corrected chi connectivity index (χ3v) is 17.0. The van der Waals surface area contributed by atoms with E-state index in [1.807, 2.05) is 0 Å². The zero-order valence-corrected chi connectivity index (χ0v) is 41.1. The molecule has 3 nitrogen and oxygen atoms in total. The van der Waals surface area contributed by atoms with Crippen molar-refractivity contribution in [2.75, 3.05) is 13.1 Å². The summed E-state index contributed by atoms with van der Waals surface area (Å²) in [6.07, 6.45) is 51.6. The lowest BCUT2D eigenvalue weighted by atomic mass is 9.87. The van der Waals surface area contributed by atoms with E-state index in [1.54, 1.807) is 0 Å². The van der Waals surface area contributed by atoms with Crippen molar-refractivity contribution >= 4 is 31.2 Å². The summed E-state index contributed by atoms with van der Waals surface area (Å²) in [6.45, 7) is 11.0. The first-order valence-corrected chi connectivity index (χ1v) is 27.8. The first-order chi connectivity index (χ1) is 28.9. The van der Waals surface area contributed by atoms with Crippen molar-refractivity contribution in [3.05, 3.63) is 12.3 Å². The van der Waals surface area contributed by atoms with Crippen LogP contribution in [0.4, 0.5) is 0 Å². The molecule has 4 fully saturated rings. The molecule has 344 valence electrons. The number of unbranched alkanes of at least 4 members (excludes halogenated alkanes) is 20. The van der Waals surface area contributed by atoms with E-state index in [0.29, 0.717) is 30.1 Å². The quantitative estimate of drug-likeness (QED) is 0.0367. The standard InChI is InChI=1S/C54H99NO2S2/c1-4-6-8-10-16-22-28-46-41-48(46)30-24-18-12-14-20-26-32-52(33-27-21-15-13-19-25-31-49-42-47(49)29-23-17-11-9-7-5-2)57-44(3)40-50-34-35-51(54(50)58)43-53(56)45-36-38-55(59)39-37-45/h45-52,54,58-59H,3-43H2,1-2H3. The summed E-state index contributed by atoms with van der Waals surface area (Å²) in [7, 11) is 0. The highest BCUT2D eigenvalue weighted by molar-refractivity contribution is 7.81. The fourth-order valence-electron chi connectivity index (χ4n) is 11.4. The Morgan fingerprint density at radius 1 is 0.542 bits per heavy atom. The minimum Gasteiger partial charge on any atom is -0.495 e. The molecule has 0 radical (unpaired) electrons. The van der Waals surface area contributed by atoms with Gasteiger partial charge < -0.3 is 4.74 Å². The summed E-state index contributed by atoms with van der Waals surface area (Å²) < 4.78 is 8.81. The summed E-state index contributed by atoms with van der Waals surface area (Å²) >= 11 is 9.61. The second-order valence-corrected chi connectivity index (χ2v) is 22.2. The molecule has 1 heterocycles. The highest BCUT2D eigenvalue weighted by Crippen LogP contribution is 2.47. The van der Waals surface area contributed by atoms with Gasteiger partial charge in [-0.05, 0) is 99.7 Å². The number of allylic oxidation sites excluding steroid dienone is 1. The maximum absolute atomic E-state index is 13.2. The predicted molar refractivity (Wildman–Crippen MR) is 264 cm³/mol. The molecule has 0 aromatic rings. The minimum absolute atomic E-state index is 0.224. The van der Waals surface area contributed by atoms with E-state index in [0.717, 1.165) is 74.6 Å². The molecule has 0 amide bonds. The normalized spacial score (nSPS) is 26.3. The van der Waals surface area contributed by atoms with Gasteiger partial charge in [0, 0.05) is 37.1 Å². The van der Waals surface area contributed by atoms with E-state index in [9.17, 15) is 4.79 Å². The van der Waals surface area contributed by atoms with Crippen LogP contribution in [0.3, 0.4) is 0 Å². The van der Waals surface area contributed by atoms with Crippen molar-refractivity contribution in [3.63, 3.8) is 0 Å². The largest absolute Gasteiger partial charge is 0.495 e. The smallest absolute Gasteiger partial charge is 0.136 e. The minimum atomic E-state index is 0.224. The highest BCUT2D eigenvalue weighted by atomic mass is 32.1. The Morgan fingerprint density at radius 3 is 1.34 bits per heavy atom. The van der Waals surface area contributed by atoms with Crippen molar-refractivity contribution in [1.82, 2.24) is 4.31 Å². The lowest BCUT2D eigenvalue weighted by Gasteiger charge is -2.28. The number of Topliss-reactive ketones (excluding diaryl/α,β-unsaturated/α-hetero) is 1. The molecule has 7 atom stereocenters. The predicted octanol–water partition coefficient (Wildman–Crippen LogP) is 17.1. The van der Waals surface area contributed by atoms with Gasteiger partial charge in [0.2, 0.25) is 0 Å². The molecule has 59 heavy (non-hydrogen) atoms. The number of ketones is 1. The zero-order chi connectivity index (χ0) is 41.9. The Morgan fingerprint density at radius 2 is 0.915 bits per heavy atom. The number of thiol groups is 2. The Balaban J connectivity index is 1.06. The van der Waals surface area contributed by atoms with Crippen LogP contribution >= 0.6 is 25.4 Å². The second-order valence-electron chi connectivity index (χ2n) is 21.0. The fraction of sp³-hybridized carbons (Fsp3) is 0.944. The van der Waals surface area contributed by atoms with Crippen LogP contribution < -0.4 is 0 Å². The van der Waals surface area contributed by atoms with Gasteiger partial charge in [-0.25, -0.2) is 0 Å². The number of nitrogens with zero attached hydrogens (tertiary/aromatic N) is 1. The Kier molecular flexibility index (Phi) is 27.6. The molecule has 0 bridgehead atoms. The molecule has 0 aromatic carbocycles. The van der Waals surface area contributed by atoms with Crippen molar-refractivity contribution in [2.45, 2.75) is 269 Å². The van der Waals surface area contributed by atoms with Crippen molar-refractivity contribution < 1.29 is 9.53 Å². The second kappa shape index (κ2) is 31.7. The number of ether oxygens (including phenoxy) is 1. The van der Waals surface area contributed by atoms with Gasteiger partial charge in [0.15, 0.2) is 0 Å². The average molecular weight is 859 g/mol. The number of piperidine rings is 1. The summed E-state index contributed by atoms with van der Waals surface area (Å²) in [6, 6.07) is 0. The van der Waals surface area contributed by atoms with Crippen LogP contribution in [-0.4, -0.2) is 34.5 Å². The van der Waals surface area contributed by atoms with Gasteiger partial charge in [-0.1, -0.05) is 200 Å². The summed E-state index contributed by atoms with van der Waals surface area (Å²) in [5.41, 5.74) is 0. The fourth-order valence-corrected chi connectivity index (χ4v) is 12.2. The molecule has 4 rings (SSSR count). The molecule has 0 N–H and O–H groups in total. The molecule has 1 aliphatic heterocycles. The van der Waals surface area contributed by atoms with Crippen LogP contribution in [0.15, 0.2) is 12.3 Å². The van der Waals surface area contributed by atoms with E-state index in [-0.39, 0.29) is 11.2 Å². The van der Waals surface area contributed by atoms with Crippen LogP contribution in [0.5, 0.6) is 0 Å². The molecule has 4 aliphatic rings. The van der Waals surface area contributed by atoms with Gasteiger partial charge in [-0.15, -0.1) is 0 Å². The lowest BCUT2D eigenvalue weighted by Crippen LogP contribution is -2.32. The van der Waals surface area contributed by atoms with Gasteiger partial charge in [-0.3, -0.25) is 9.10 Å². The number of carbonyl (C=O) groups excluding carboxylic acids is 1. The number of rotatable bonds is 39. The van der Waals surface area contributed by atoms with Gasteiger partial charge >= 0.3 is 0 Å². The molecule has 0 aromatic heterocycles. The van der Waals surface area contributed by atoms with Gasteiger partial charge in [0.25, 0.3) is 0 Å². The maximum Gasteiger partial charge on any atom is 0.136 e. The molecular weight excluding hydrogens is 759 g/mol. The van der Waals surface area contributed by atoms with Crippen LogP contribution in [0.1, 0.15) is 258 Å². The SMILES string of the molecule is C=C(CC1CCC(CC(=O)C2CCN(S)CC2)C1S)OC(CCCCCCCCC1CC1CCCCCCCC)CCCCCCCCC1CC1CCCCCCCC. The first-order valence-electron chi connectivity index (χ1n) is 26.9. The zero-order valence-electron chi connectivity index (χ0n) is 39.3. The van der Waals surface area contributed by atoms with E-state index < -0.39 is 0 Å². The van der Waals surface area contributed by atoms with E-state index in [4.69, 9.17) is 17.4 Å². The topological polar surface area (TPSA) is 29.5 Å². The van der Waals surface area contributed by atoms with Crippen molar-refractivity contribution in [1.29, 1.82) is 0 Å². The molecule has 0 spiro atoms. The number of hydrogen-bond acceptors (Lipinski definition) is 5. The van der Waals surface area contributed by atoms with Gasteiger partial charge in [0.1, 0.15) is 5.78 Å². The summed E-state index contributed by atoms with van der Waals surface area (Å²) in [4.78, 5) is 13.2. The van der Waals surface area contributed by atoms with E-state index in [2.05, 4.69) is 37.5 Å². The third kappa shape index (κ3) is 22.9. The van der Waals surface area contributed by atoms with Gasteiger partial charge in [-0.2, -0.15) is 12.6 Å². The Bertz CT molecular complexity index is 1030. The van der Waals surface area contributed by atoms with Crippen molar-refractivity contribution in [2.24, 2.45) is 41.4 Å². The van der Waals surface area contributed by atoms with Crippen LogP contribution in [0, 0.1) is 41.4 Å². The van der Waals surface area contributed by atoms with Crippen molar-refractivity contribution in [3.8, 4) is 0 Å². The number of carbonyl (C=O) groups is 1.